The maximum atomic E-state index is 9.44. The molecular formula is C9H18O4S. The smallest absolute Gasteiger partial charge is 0.183 e. The normalized spacial score (nSPS) is 37.7. The molecule has 0 aromatic rings. The second-order valence-electron chi connectivity index (χ2n) is 3.47. The van der Waals surface area contributed by atoms with Gasteiger partial charge in [0, 0.05) is 5.75 Å². The summed E-state index contributed by atoms with van der Waals surface area (Å²) >= 11 is 1.68. The highest BCUT2D eigenvalue weighted by Crippen LogP contribution is 2.22. The highest BCUT2D eigenvalue weighted by atomic mass is 32.2. The molecule has 0 aromatic heterocycles. The molecule has 0 radical (unpaired) electrons. The molecule has 0 aliphatic carbocycles. The van der Waals surface area contributed by atoms with Crippen LogP contribution in [-0.2, 0) is 4.74 Å². The second kappa shape index (κ2) is 5.92. The Balaban J connectivity index is 2.19. The SMILES string of the molecule is CCCCSC[C@H]1O[C@H](O)[C@@H](O)[C@@H]1O. The van der Waals surface area contributed by atoms with Crippen molar-refractivity contribution in [2.75, 3.05) is 11.5 Å². The summed E-state index contributed by atoms with van der Waals surface area (Å²) in [6.07, 6.45) is -1.51. The zero-order valence-corrected chi connectivity index (χ0v) is 9.11. The van der Waals surface area contributed by atoms with Gasteiger partial charge in [0.2, 0.25) is 0 Å². The molecule has 1 rings (SSSR count). The summed E-state index contributed by atoms with van der Waals surface area (Å²) in [6.45, 7) is 2.12. The molecule has 0 saturated carbocycles. The average molecular weight is 222 g/mol. The van der Waals surface area contributed by atoms with Crippen molar-refractivity contribution in [2.45, 2.75) is 44.4 Å². The van der Waals surface area contributed by atoms with E-state index in [0.29, 0.717) is 5.75 Å². The molecule has 0 aromatic carbocycles. The first-order valence-electron chi connectivity index (χ1n) is 4.94. The predicted octanol–water partition coefficient (Wildman–Crippen LogP) is -0.0413. The Morgan fingerprint density at radius 1 is 1.21 bits per heavy atom. The molecule has 4 nitrogen and oxygen atoms in total. The molecular weight excluding hydrogens is 204 g/mol. The fourth-order valence-corrected chi connectivity index (χ4v) is 2.48. The quantitative estimate of drug-likeness (QED) is 0.569. The van der Waals surface area contributed by atoms with Crippen LogP contribution in [0.25, 0.3) is 0 Å². The van der Waals surface area contributed by atoms with Crippen molar-refractivity contribution in [3.63, 3.8) is 0 Å². The third-order valence-corrected chi connectivity index (χ3v) is 3.40. The van der Waals surface area contributed by atoms with E-state index >= 15 is 0 Å². The van der Waals surface area contributed by atoms with Gasteiger partial charge in [-0.15, -0.1) is 0 Å². The van der Waals surface area contributed by atoms with Gasteiger partial charge in [-0.3, -0.25) is 0 Å². The molecule has 1 heterocycles. The fraction of sp³-hybridized carbons (Fsp3) is 1.00. The van der Waals surface area contributed by atoms with Crippen LogP contribution in [0.2, 0.25) is 0 Å². The number of thioether (sulfide) groups is 1. The van der Waals surface area contributed by atoms with Crippen LogP contribution < -0.4 is 0 Å². The molecule has 3 N–H and O–H groups in total. The summed E-state index contributed by atoms with van der Waals surface area (Å²) in [5, 5.41) is 27.7. The van der Waals surface area contributed by atoms with E-state index in [1.165, 1.54) is 0 Å². The van der Waals surface area contributed by atoms with Crippen LogP contribution in [-0.4, -0.2) is 51.4 Å². The lowest BCUT2D eigenvalue weighted by molar-refractivity contribution is -0.123. The van der Waals surface area contributed by atoms with Gasteiger partial charge in [-0.05, 0) is 12.2 Å². The first-order chi connectivity index (χ1) is 6.66. The van der Waals surface area contributed by atoms with E-state index < -0.39 is 24.6 Å². The molecule has 5 heteroatoms. The molecule has 0 unspecified atom stereocenters. The number of rotatable bonds is 5. The Labute approximate surface area is 88.3 Å². The topological polar surface area (TPSA) is 69.9 Å². The number of hydrogen-bond donors (Lipinski definition) is 3. The lowest BCUT2D eigenvalue weighted by atomic mass is 10.2. The van der Waals surface area contributed by atoms with Crippen molar-refractivity contribution in [2.24, 2.45) is 0 Å². The largest absolute Gasteiger partial charge is 0.387 e. The third-order valence-electron chi connectivity index (χ3n) is 2.26. The third kappa shape index (κ3) is 3.10. The monoisotopic (exact) mass is 222 g/mol. The molecule has 0 bridgehead atoms. The minimum absolute atomic E-state index is 0.443. The first kappa shape index (κ1) is 12.3. The van der Waals surface area contributed by atoms with Crippen LogP contribution >= 0.6 is 11.8 Å². The van der Waals surface area contributed by atoms with Gasteiger partial charge in [0.15, 0.2) is 6.29 Å². The van der Waals surface area contributed by atoms with E-state index in [-0.39, 0.29) is 0 Å². The van der Waals surface area contributed by atoms with Gasteiger partial charge in [-0.2, -0.15) is 11.8 Å². The maximum Gasteiger partial charge on any atom is 0.183 e. The number of aliphatic hydroxyl groups excluding tert-OH is 3. The van der Waals surface area contributed by atoms with Gasteiger partial charge in [0.25, 0.3) is 0 Å². The molecule has 84 valence electrons. The molecule has 4 atom stereocenters. The van der Waals surface area contributed by atoms with Crippen molar-refractivity contribution in [3.8, 4) is 0 Å². The van der Waals surface area contributed by atoms with E-state index in [0.717, 1.165) is 18.6 Å². The minimum Gasteiger partial charge on any atom is -0.387 e. The highest BCUT2D eigenvalue weighted by molar-refractivity contribution is 7.99. The Morgan fingerprint density at radius 2 is 1.93 bits per heavy atom. The van der Waals surface area contributed by atoms with Gasteiger partial charge in [0.05, 0.1) is 6.10 Å². The molecule has 14 heavy (non-hydrogen) atoms. The van der Waals surface area contributed by atoms with E-state index in [9.17, 15) is 10.2 Å². The Hall–Kier alpha value is 0.190. The average Bonchev–Trinajstić information content (AvgIpc) is 2.41. The Bertz CT molecular complexity index is 167. The summed E-state index contributed by atoms with van der Waals surface area (Å²) in [6, 6.07) is 0. The predicted molar refractivity (Wildman–Crippen MR) is 55.1 cm³/mol. The van der Waals surface area contributed by atoms with Gasteiger partial charge >= 0.3 is 0 Å². The summed E-state index contributed by atoms with van der Waals surface area (Å²) in [4.78, 5) is 0. The lowest BCUT2D eigenvalue weighted by Gasteiger charge is -2.13. The number of hydrogen-bond acceptors (Lipinski definition) is 5. The van der Waals surface area contributed by atoms with Crippen molar-refractivity contribution in [1.82, 2.24) is 0 Å². The van der Waals surface area contributed by atoms with Crippen LogP contribution in [0.3, 0.4) is 0 Å². The zero-order chi connectivity index (χ0) is 10.6. The number of aliphatic hydroxyl groups is 3. The van der Waals surface area contributed by atoms with Gasteiger partial charge < -0.3 is 20.1 Å². The number of unbranched alkanes of at least 4 members (excludes halogenated alkanes) is 1. The van der Waals surface area contributed by atoms with E-state index in [1.54, 1.807) is 11.8 Å². The van der Waals surface area contributed by atoms with Crippen LogP contribution in [0.5, 0.6) is 0 Å². The van der Waals surface area contributed by atoms with Crippen LogP contribution in [0.15, 0.2) is 0 Å². The van der Waals surface area contributed by atoms with E-state index in [4.69, 9.17) is 9.84 Å². The molecule has 0 amide bonds. The Morgan fingerprint density at radius 3 is 2.43 bits per heavy atom. The molecule has 1 aliphatic heterocycles. The zero-order valence-electron chi connectivity index (χ0n) is 8.30. The lowest BCUT2D eigenvalue weighted by Crippen LogP contribution is -2.33. The highest BCUT2D eigenvalue weighted by Gasteiger charge is 2.41. The Kier molecular flexibility index (Phi) is 5.19. The molecule has 1 fully saturated rings. The van der Waals surface area contributed by atoms with Gasteiger partial charge in [-0.1, -0.05) is 13.3 Å². The van der Waals surface area contributed by atoms with Crippen LogP contribution in [0, 0.1) is 0 Å². The van der Waals surface area contributed by atoms with Gasteiger partial charge in [0.1, 0.15) is 12.2 Å². The molecule has 0 spiro atoms. The molecule has 1 saturated heterocycles. The van der Waals surface area contributed by atoms with Crippen molar-refractivity contribution in [1.29, 1.82) is 0 Å². The van der Waals surface area contributed by atoms with Crippen LogP contribution in [0.4, 0.5) is 0 Å². The van der Waals surface area contributed by atoms with Crippen molar-refractivity contribution >= 4 is 11.8 Å². The summed E-state index contributed by atoms with van der Waals surface area (Å²) in [5.41, 5.74) is 0. The second-order valence-corrected chi connectivity index (χ2v) is 4.62. The molecule has 1 aliphatic rings. The fourth-order valence-electron chi connectivity index (χ4n) is 1.31. The van der Waals surface area contributed by atoms with Crippen molar-refractivity contribution in [3.05, 3.63) is 0 Å². The van der Waals surface area contributed by atoms with Crippen molar-refractivity contribution < 1.29 is 20.1 Å². The first-order valence-corrected chi connectivity index (χ1v) is 6.09. The van der Waals surface area contributed by atoms with E-state index in [1.807, 2.05) is 0 Å². The van der Waals surface area contributed by atoms with E-state index in [2.05, 4.69) is 6.92 Å². The summed E-state index contributed by atoms with van der Waals surface area (Å²) in [5.74, 6) is 1.64. The van der Waals surface area contributed by atoms with Crippen LogP contribution in [0.1, 0.15) is 19.8 Å². The summed E-state index contributed by atoms with van der Waals surface area (Å²) < 4.78 is 5.00. The maximum absolute atomic E-state index is 9.44. The number of ether oxygens (including phenoxy) is 1. The minimum atomic E-state index is -1.23. The van der Waals surface area contributed by atoms with Gasteiger partial charge in [-0.25, -0.2) is 0 Å². The standard InChI is InChI=1S/C9H18O4S/c1-2-3-4-14-5-6-7(10)8(11)9(12)13-6/h6-12H,2-5H2,1H3/t6-,7-,8+,9+/m1/s1. The summed E-state index contributed by atoms with van der Waals surface area (Å²) in [7, 11) is 0.